The summed E-state index contributed by atoms with van der Waals surface area (Å²) in [7, 11) is 0. The first-order valence-electron chi connectivity index (χ1n) is 8.56. The zero-order valence-electron chi connectivity index (χ0n) is 15.2. The molecule has 138 valence electrons. The minimum Gasteiger partial charge on any atom is -0.452 e. The Kier molecular flexibility index (Phi) is 5.35. The maximum atomic E-state index is 12.2. The summed E-state index contributed by atoms with van der Waals surface area (Å²) in [5.74, 6) is -1.71. The average Bonchev–Trinajstić information content (AvgIpc) is 2.94. The summed E-state index contributed by atoms with van der Waals surface area (Å²) in [6, 6.07) is 14.2. The summed E-state index contributed by atoms with van der Waals surface area (Å²) in [6.07, 6.45) is 0.0866. The van der Waals surface area contributed by atoms with E-state index in [1.165, 1.54) is 0 Å². The number of carbonyl (C=O) groups excluding carboxylic acids is 3. The van der Waals surface area contributed by atoms with Crippen LogP contribution >= 0.6 is 0 Å². The van der Waals surface area contributed by atoms with Gasteiger partial charge in [-0.15, -0.1) is 0 Å². The van der Waals surface area contributed by atoms with E-state index in [1.807, 2.05) is 32.0 Å². The molecule has 0 radical (unpaired) electrons. The normalized spacial score (nSPS) is 10.6. The van der Waals surface area contributed by atoms with Crippen LogP contribution in [0.3, 0.4) is 0 Å². The fourth-order valence-electron chi connectivity index (χ4n) is 2.82. The highest BCUT2D eigenvalue weighted by Gasteiger charge is 2.14. The summed E-state index contributed by atoms with van der Waals surface area (Å²) < 4.78 is 5.02. The van der Waals surface area contributed by atoms with Crippen molar-refractivity contribution in [1.82, 2.24) is 10.3 Å². The maximum absolute atomic E-state index is 12.2. The number of ether oxygens (including phenoxy) is 1. The number of hydrogen-bond donors (Lipinski definition) is 2. The van der Waals surface area contributed by atoms with Gasteiger partial charge in [0.05, 0.1) is 12.0 Å². The summed E-state index contributed by atoms with van der Waals surface area (Å²) in [5.41, 5.74) is 4.18. The molecule has 0 aliphatic heterocycles. The Labute approximate surface area is 156 Å². The second-order valence-corrected chi connectivity index (χ2v) is 6.35. The molecule has 27 heavy (non-hydrogen) atoms. The van der Waals surface area contributed by atoms with Gasteiger partial charge in [0.1, 0.15) is 0 Å². The molecule has 0 aliphatic rings. The lowest BCUT2D eigenvalue weighted by Gasteiger charge is -2.06. The molecule has 1 aromatic heterocycles. The van der Waals surface area contributed by atoms with Gasteiger partial charge >= 0.3 is 5.97 Å². The van der Waals surface area contributed by atoms with E-state index in [2.05, 4.69) is 10.3 Å². The van der Waals surface area contributed by atoms with E-state index in [9.17, 15) is 14.4 Å². The highest BCUT2D eigenvalue weighted by Crippen LogP contribution is 2.22. The van der Waals surface area contributed by atoms with Crippen molar-refractivity contribution >= 4 is 28.7 Å². The van der Waals surface area contributed by atoms with Gasteiger partial charge in [-0.05, 0) is 43.2 Å². The van der Waals surface area contributed by atoms with E-state index < -0.39 is 24.4 Å². The van der Waals surface area contributed by atoms with Crippen LogP contribution in [0.15, 0.2) is 48.5 Å². The molecule has 3 rings (SSSR count). The fourth-order valence-corrected chi connectivity index (χ4v) is 2.82. The van der Waals surface area contributed by atoms with Crippen molar-refractivity contribution in [2.45, 2.75) is 20.3 Å². The van der Waals surface area contributed by atoms with Crippen LogP contribution in [0.1, 0.15) is 27.2 Å². The van der Waals surface area contributed by atoms with E-state index in [0.717, 1.165) is 27.7 Å². The van der Waals surface area contributed by atoms with Crippen LogP contribution in [-0.2, 0) is 20.7 Å². The van der Waals surface area contributed by atoms with Gasteiger partial charge in [-0.3, -0.25) is 14.9 Å². The summed E-state index contributed by atoms with van der Waals surface area (Å²) in [5, 5.41) is 3.15. The molecule has 2 N–H and O–H groups in total. The Bertz CT molecular complexity index is 1010. The molecule has 0 aliphatic carbocycles. The van der Waals surface area contributed by atoms with E-state index in [1.54, 1.807) is 30.3 Å². The number of amides is 2. The first-order valence-corrected chi connectivity index (χ1v) is 8.56. The Morgan fingerprint density at radius 3 is 2.48 bits per heavy atom. The first-order chi connectivity index (χ1) is 12.9. The van der Waals surface area contributed by atoms with Crippen LogP contribution in [0.5, 0.6) is 0 Å². The van der Waals surface area contributed by atoms with E-state index in [0.29, 0.717) is 5.56 Å². The van der Waals surface area contributed by atoms with Crippen LogP contribution < -0.4 is 5.32 Å². The standard InChI is InChI=1S/C21H20N2O4/c1-13-14(2)22-18-9-8-16(11-17(13)18)21(26)27-12-20(25)23-19(24)10-15-6-4-3-5-7-15/h3-9,11,22H,10,12H2,1-2H3,(H,23,24,25). The fraction of sp³-hybridized carbons (Fsp3) is 0.190. The molecule has 0 fully saturated rings. The van der Waals surface area contributed by atoms with Crippen molar-refractivity contribution in [1.29, 1.82) is 0 Å². The van der Waals surface area contributed by atoms with Gasteiger partial charge in [-0.1, -0.05) is 30.3 Å². The molecule has 0 spiro atoms. The Balaban J connectivity index is 1.54. The number of aryl methyl sites for hydroxylation is 2. The zero-order valence-corrected chi connectivity index (χ0v) is 15.2. The van der Waals surface area contributed by atoms with Crippen molar-refractivity contribution in [2.24, 2.45) is 0 Å². The Morgan fingerprint density at radius 1 is 1.00 bits per heavy atom. The lowest BCUT2D eigenvalue weighted by Crippen LogP contribution is -2.35. The largest absolute Gasteiger partial charge is 0.452 e. The summed E-state index contributed by atoms with van der Waals surface area (Å²) in [4.78, 5) is 39.1. The van der Waals surface area contributed by atoms with Crippen molar-refractivity contribution in [3.63, 3.8) is 0 Å². The molecule has 0 unspecified atom stereocenters. The van der Waals surface area contributed by atoms with Gasteiger partial charge in [-0.25, -0.2) is 4.79 Å². The highest BCUT2D eigenvalue weighted by molar-refractivity contribution is 5.99. The number of rotatable bonds is 5. The quantitative estimate of drug-likeness (QED) is 0.682. The predicted molar refractivity (Wildman–Crippen MR) is 101 cm³/mol. The van der Waals surface area contributed by atoms with Gasteiger partial charge in [0.25, 0.3) is 5.91 Å². The summed E-state index contributed by atoms with van der Waals surface area (Å²) in [6.45, 7) is 3.42. The van der Waals surface area contributed by atoms with Gasteiger partial charge < -0.3 is 9.72 Å². The van der Waals surface area contributed by atoms with Crippen molar-refractivity contribution < 1.29 is 19.1 Å². The van der Waals surface area contributed by atoms with E-state index in [-0.39, 0.29) is 6.42 Å². The number of nitrogens with one attached hydrogen (secondary N) is 2. The molecule has 6 nitrogen and oxygen atoms in total. The number of aromatic amines is 1. The van der Waals surface area contributed by atoms with Crippen LogP contribution in [0, 0.1) is 13.8 Å². The molecule has 0 bridgehead atoms. The minimum absolute atomic E-state index is 0.0866. The molecule has 2 amide bonds. The lowest BCUT2D eigenvalue weighted by atomic mass is 10.1. The molecule has 0 saturated carbocycles. The van der Waals surface area contributed by atoms with Crippen LogP contribution in [-0.4, -0.2) is 29.4 Å². The van der Waals surface area contributed by atoms with Gasteiger partial charge in [0, 0.05) is 16.6 Å². The number of hydrogen-bond acceptors (Lipinski definition) is 4. The molecular formula is C21H20N2O4. The van der Waals surface area contributed by atoms with Gasteiger partial charge in [0.2, 0.25) is 5.91 Å². The van der Waals surface area contributed by atoms with Crippen LogP contribution in [0.2, 0.25) is 0 Å². The van der Waals surface area contributed by atoms with Crippen molar-refractivity contribution in [3.05, 3.63) is 70.9 Å². The van der Waals surface area contributed by atoms with Gasteiger partial charge in [-0.2, -0.15) is 0 Å². The van der Waals surface area contributed by atoms with Crippen molar-refractivity contribution in [3.8, 4) is 0 Å². The maximum Gasteiger partial charge on any atom is 0.338 e. The van der Waals surface area contributed by atoms with E-state index in [4.69, 9.17) is 4.74 Å². The van der Waals surface area contributed by atoms with Crippen LogP contribution in [0.25, 0.3) is 10.9 Å². The number of fused-ring (bicyclic) bond motifs is 1. The number of H-pyrrole nitrogens is 1. The zero-order chi connectivity index (χ0) is 19.4. The molecule has 0 atom stereocenters. The number of carbonyl (C=O) groups is 3. The second-order valence-electron chi connectivity index (χ2n) is 6.35. The molecule has 6 heteroatoms. The third-order valence-electron chi connectivity index (χ3n) is 4.36. The predicted octanol–water partition coefficient (Wildman–Crippen LogP) is 2.83. The first kappa shape index (κ1) is 18.4. The number of imide groups is 1. The third-order valence-corrected chi connectivity index (χ3v) is 4.36. The molecule has 3 aromatic rings. The highest BCUT2D eigenvalue weighted by atomic mass is 16.5. The average molecular weight is 364 g/mol. The molecule has 0 saturated heterocycles. The molecule has 1 heterocycles. The minimum atomic E-state index is -0.654. The molecular weight excluding hydrogens is 344 g/mol. The SMILES string of the molecule is Cc1[nH]c2ccc(C(=O)OCC(=O)NC(=O)Cc3ccccc3)cc2c1C. The molecule has 2 aromatic carbocycles. The van der Waals surface area contributed by atoms with Gasteiger partial charge in [0.15, 0.2) is 6.61 Å². The summed E-state index contributed by atoms with van der Waals surface area (Å²) >= 11 is 0. The number of benzene rings is 2. The van der Waals surface area contributed by atoms with Crippen molar-refractivity contribution in [2.75, 3.05) is 6.61 Å². The Morgan fingerprint density at radius 2 is 1.74 bits per heavy atom. The topological polar surface area (TPSA) is 88.3 Å². The second kappa shape index (κ2) is 7.86. The smallest absolute Gasteiger partial charge is 0.338 e. The number of aromatic nitrogens is 1. The lowest BCUT2D eigenvalue weighted by molar-refractivity contribution is -0.132. The monoisotopic (exact) mass is 364 g/mol. The number of esters is 1. The van der Waals surface area contributed by atoms with E-state index >= 15 is 0 Å². The van der Waals surface area contributed by atoms with Crippen LogP contribution in [0.4, 0.5) is 0 Å². The Hall–Kier alpha value is -3.41. The third kappa shape index (κ3) is 4.41.